The highest BCUT2D eigenvalue weighted by Gasteiger charge is 2.47. The molecule has 2 atom stereocenters. The monoisotopic (exact) mass is 423 g/mol. The molecule has 5 rings (SSSR count). The summed E-state index contributed by atoms with van der Waals surface area (Å²) in [4.78, 5) is 20.7. The molecule has 8 nitrogen and oxygen atoms in total. The first-order valence-electron chi connectivity index (χ1n) is 11.1. The fraction of sp³-hybridized carbons (Fsp3) is 0.522. The van der Waals surface area contributed by atoms with Crippen molar-refractivity contribution in [1.82, 2.24) is 25.5 Å². The van der Waals surface area contributed by atoms with E-state index in [1.54, 1.807) is 0 Å². The van der Waals surface area contributed by atoms with Gasteiger partial charge in [-0.1, -0.05) is 36.9 Å². The lowest BCUT2D eigenvalue weighted by Crippen LogP contribution is -2.40. The molecule has 0 spiro atoms. The van der Waals surface area contributed by atoms with Gasteiger partial charge in [0.2, 0.25) is 11.8 Å². The summed E-state index contributed by atoms with van der Waals surface area (Å²) < 4.78 is 6.00. The van der Waals surface area contributed by atoms with E-state index < -0.39 is 0 Å². The maximum Gasteiger partial charge on any atom is 0.345 e. The van der Waals surface area contributed by atoms with Gasteiger partial charge in [0.1, 0.15) is 12.6 Å². The summed E-state index contributed by atoms with van der Waals surface area (Å²) in [6.45, 7) is 6.90. The SMILES string of the molecule is C=C(C)NC1CC(Cc2nnc([C@@H]3CC[C@@H]4CN3C(=O)N4OCc3ccccc3)o2)C1. The van der Waals surface area contributed by atoms with E-state index in [0.717, 1.165) is 43.4 Å². The first-order valence-corrected chi connectivity index (χ1v) is 11.1. The second-order valence-electron chi connectivity index (χ2n) is 8.96. The standard InChI is InChI=1S/C23H29N5O3/c1-15(2)24-18-10-17(11-18)12-21-25-26-22(31-21)20-9-8-19-13-27(20)23(29)28(19)30-14-16-6-4-3-5-7-16/h3-7,17-20,24H,1,8-14H2,2H3/t17?,18?,19-,20+/m1/s1. The highest BCUT2D eigenvalue weighted by atomic mass is 16.7. The topological polar surface area (TPSA) is 83.7 Å². The van der Waals surface area contributed by atoms with Gasteiger partial charge in [0.05, 0.1) is 6.04 Å². The lowest BCUT2D eigenvalue weighted by Gasteiger charge is -2.35. The Morgan fingerprint density at radius 3 is 2.84 bits per heavy atom. The van der Waals surface area contributed by atoms with Crippen molar-refractivity contribution in [3.05, 3.63) is 60.0 Å². The van der Waals surface area contributed by atoms with Gasteiger partial charge >= 0.3 is 6.03 Å². The Hall–Kier alpha value is -2.87. The number of nitrogens with one attached hydrogen (secondary N) is 1. The smallest absolute Gasteiger partial charge is 0.345 e. The molecule has 3 heterocycles. The van der Waals surface area contributed by atoms with E-state index in [0.29, 0.717) is 36.9 Å². The zero-order valence-corrected chi connectivity index (χ0v) is 17.9. The minimum absolute atomic E-state index is 0.0718. The minimum atomic E-state index is -0.172. The van der Waals surface area contributed by atoms with Gasteiger partial charge in [-0.05, 0) is 44.1 Å². The average Bonchev–Trinajstić information content (AvgIpc) is 3.29. The summed E-state index contributed by atoms with van der Waals surface area (Å²) >= 11 is 0. The fourth-order valence-electron chi connectivity index (χ4n) is 4.87. The third-order valence-electron chi connectivity index (χ3n) is 6.45. The highest BCUT2D eigenvalue weighted by Crippen LogP contribution is 2.38. The van der Waals surface area contributed by atoms with Crippen molar-refractivity contribution in [1.29, 1.82) is 0 Å². The van der Waals surface area contributed by atoms with Crippen LogP contribution in [-0.2, 0) is 17.9 Å². The molecule has 2 bridgehead atoms. The Bertz CT molecular complexity index is 940. The summed E-state index contributed by atoms with van der Waals surface area (Å²) in [6, 6.07) is 10.2. The van der Waals surface area contributed by atoms with Gasteiger partial charge in [0.15, 0.2) is 0 Å². The summed E-state index contributed by atoms with van der Waals surface area (Å²) in [5.41, 5.74) is 2.05. The molecule has 1 N–H and O–H groups in total. The number of allylic oxidation sites excluding steroid dienone is 1. The van der Waals surface area contributed by atoms with Crippen molar-refractivity contribution in [2.45, 2.75) is 63.8 Å². The van der Waals surface area contributed by atoms with Crippen LogP contribution in [0.3, 0.4) is 0 Å². The lowest BCUT2D eigenvalue weighted by atomic mass is 9.78. The zero-order valence-electron chi connectivity index (χ0n) is 17.9. The molecule has 0 radical (unpaired) electrons. The molecule has 3 aliphatic rings. The van der Waals surface area contributed by atoms with Crippen LogP contribution in [0.1, 0.15) is 56.0 Å². The zero-order chi connectivity index (χ0) is 21.4. The minimum Gasteiger partial charge on any atom is -0.423 e. The second-order valence-corrected chi connectivity index (χ2v) is 8.96. The largest absolute Gasteiger partial charge is 0.423 e. The number of carbonyl (C=O) groups excluding carboxylic acids is 1. The predicted molar refractivity (Wildman–Crippen MR) is 113 cm³/mol. The Morgan fingerprint density at radius 2 is 2.06 bits per heavy atom. The lowest BCUT2D eigenvalue weighted by molar-refractivity contribution is -0.140. The maximum atomic E-state index is 13.0. The number of nitrogens with zero attached hydrogens (tertiary/aromatic N) is 4. The number of carbonyl (C=O) groups is 1. The van der Waals surface area contributed by atoms with Crippen LogP contribution in [0.5, 0.6) is 0 Å². The van der Waals surface area contributed by atoms with Crippen LogP contribution in [0, 0.1) is 5.92 Å². The van der Waals surface area contributed by atoms with E-state index in [9.17, 15) is 4.79 Å². The number of amides is 2. The van der Waals surface area contributed by atoms with Gasteiger partial charge in [0, 0.05) is 24.7 Å². The van der Waals surface area contributed by atoms with E-state index in [2.05, 4.69) is 22.1 Å². The molecule has 164 valence electrons. The second kappa shape index (κ2) is 8.34. The molecule has 1 aromatic heterocycles. The summed E-state index contributed by atoms with van der Waals surface area (Å²) in [6.07, 6.45) is 4.63. The first kappa shape index (κ1) is 20.1. The van der Waals surface area contributed by atoms with Crippen molar-refractivity contribution < 1.29 is 14.0 Å². The Kier molecular flexibility index (Phi) is 5.40. The highest BCUT2D eigenvalue weighted by molar-refractivity contribution is 5.77. The molecule has 1 aliphatic carbocycles. The van der Waals surface area contributed by atoms with Crippen LogP contribution in [0.25, 0.3) is 0 Å². The Morgan fingerprint density at radius 1 is 1.26 bits per heavy atom. The number of hydroxylamine groups is 2. The van der Waals surface area contributed by atoms with Gasteiger partial charge in [-0.25, -0.2) is 4.79 Å². The Balaban J connectivity index is 1.17. The number of piperidine rings is 1. The molecule has 8 heteroatoms. The number of hydrogen-bond donors (Lipinski definition) is 1. The number of aromatic nitrogens is 2. The van der Waals surface area contributed by atoms with Crippen LogP contribution in [0.4, 0.5) is 4.79 Å². The van der Waals surface area contributed by atoms with Gasteiger partial charge < -0.3 is 14.6 Å². The molecule has 2 aliphatic heterocycles. The van der Waals surface area contributed by atoms with E-state index in [-0.39, 0.29) is 18.1 Å². The third-order valence-corrected chi connectivity index (χ3v) is 6.45. The van der Waals surface area contributed by atoms with Crippen molar-refractivity contribution in [3.63, 3.8) is 0 Å². The first-order chi connectivity index (χ1) is 15.1. The molecule has 2 aromatic rings. The molecular weight excluding hydrogens is 394 g/mol. The summed E-state index contributed by atoms with van der Waals surface area (Å²) in [7, 11) is 0. The maximum absolute atomic E-state index is 13.0. The molecule has 1 saturated carbocycles. The summed E-state index contributed by atoms with van der Waals surface area (Å²) in [5, 5.41) is 13.5. The Labute approximate surface area is 182 Å². The van der Waals surface area contributed by atoms with Crippen LogP contribution in [0.2, 0.25) is 0 Å². The summed E-state index contributed by atoms with van der Waals surface area (Å²) in [5.74, 6) is 1.76. The van der Waals surface area contributed by atoms with E-state index in [1.165, 1.54) is 5.06 Å². The van der Waals surface area contributed by atoms with E-state index in [1.807, 2.05) is 42.2 Å². The number of rotatable bonds is 8. The molecule has 2 amide bonds. The van der Waals surface area contributed by atoms with Crippen molar-refractivity contribution >= 4 is 6.03 Å². The number of benzene rings is 1. The normalized spacial score (nSPS) is 27.3. The van der Waals surface area contributed by atoms with Gasteiger partial charge in [0.25, 0.3) is 0 Å². The van der Waals surface area contributed by atoms with Crippen molar-refractivity contribution in [2.24, 2.45) is 5.92 Å². The van der Waals surface area contributed by atoms with Gasteiger partial charge in [-0.2, -0.15) is 5.06 Å². The fourth-order valence-corrected chi connectivity index (χ4v) is 4.87. The van der Waals surface area contributed by atoms with Crippen molar-refractivity contribution in [2.75, 3.05) is 6.54 Å². The van der Waals surface area contributed by atoms with Crippen LogP contribution in [-0.4, -0.2) is 44.8 Å². The number of fused-ring (bicyclic) bond motifs is 2. The molecule has 3 fully saturated rings. The van der Waals surface area contributed by atoms with Crippen LogP contribution in [0.15, 0.2) is 47.0 Å². The molecule has 2 saturated heterocycles. The molecule has 1 aromatic carbocycles. The van der Waals surface area contributed by atoms with Crippen LogP contribution >= 0.6 is 0 Å². The molecule has 31 heavy (non-hydrogen) atoms. The van der Waals surface area contributed by atoms with Crippen LogP contribution < -0.4 is 5.32 Å². The quantitative estimate of drug-likeness (QED) is 0.699. The molecular formula is C23H29N5O3. The molecule has 0 unspecified atom stereocenters. The van der Waals surface area contributed by atoms with E-state index >= 15 is 0 Å². The third kappa shape index (κ3) is 4.17. The van der Waals surface area contributed by atoms with Crippen molar-refractivity contribution in [3.8, 4) is 0 Å². The number of hydrogen-bond acceptors (Lipinski definition) is 6. The number of urea groups is 1. The van der Waals surface area contributed by atoms with Gasteiger partial charge in [-0.3, -0.25) is 4.84 Å². The average molecular weight is 424 g/mol. The predicted octanol–water partition coefficient (Wildman–Crippen LogP) is 3.59. The van der Waals surface area contributed by atoms with E-state index in [4.69, 9.17) is 9.25 Å². The van der Waals surface area contributed by atoms with Gasteiger partial charge in [-0.15, -0.1) is 10.2 Å².